The predicted molar refractivity (Wildman–Crippen MR) is 92.1 cm³/mol. The Kier molecular flexibility index (Phi) is 5.35. The predicted octanol–water partition coefficient (Wildman–Crippen LogP) is 1.31. The molecular weight excluding hydrogens is 306 g/mol. The number of nitrogens with zero attached hydrogens (tertiary/aromatic N) is 1. The van der Waals surface area contributed by atoms with E-state index in [0.717, 1.165) is 38.2 Å². The normalized spacial score (nSPS) is 24.0. The molecule has 1 aromatic rings. The number of rotatable bonds is 5. The van der Waals surface area contributed by atoms with E-state index in [-0.39, 0.29) is 24.5 Å². The van der Waals surface area contributed by atoms with Crippen molar-refractivity contribution in [2.45, 2.75) is 32.2 Å². The molecule has 0 radical (unpaired) electrons. The first kappa shape index (κ1) is 16.8. The highest BCUT2D eigenvalue weighted by atomic mass is 16.5. The Labute approximate surface area is 142 Å². The van der Waals surface area contributed by atoms with Crippen molar-refractivity contribution >= 4 is 17.5 Å². The molecule has 6 heteroatoms. The number of hydrogen-bond donors (Lipinski definition) is 2. The Morgan fingerprint density at radius 1 is 1.38 bits per heavy atom. The summed E-state index contributed by atoms with van der Waals surface area (Å²) >= 11 is 0. The number of ether oxygens (including phenoxy) is 1. The van der Waals surface area contributed by atoms with Crippen molar-refractivity contribution < 1.29 is 14.3 Å². The van der Waals surface area contributed by atoms with Crippen LogP contribution >= 0.6 is 0 Å². The Morgan fingerprint density at radius 3 is 2.83 bits per heavy atom. The molecule has 3 rings (SSSR count). The molecule has 0 saturated carbocycles. The van der Waals surface area contributed by atoms with Gasteiger partial charge < -0.3 is 20.3 Å². The van der Waals surface area contributed by atoms with Gasteiger partial charge in [-0.2, -0.15) is 0 Å². The lowest BCUT2D eigenvalue weighted by atomic mass is 9.95. The summed E-state index contributed by atoms with van der Waals surface area (Å²) in [6, 6.07) is 7.56. The minimum Gasteiger partial charge on any atom is -0.484 e. The topological polar surface area (TPSA) is 70.7 Å². The van der Waals surface area contributed by atoms with Crippen molar-refractivity contribution in [3.8, 4) is 5.75 Å². The molecular formula is C18H25N3O3. The fourth-order valence-corrected chi connectivity index (χ4v) is 3.27. The maximum absolute atomic E-state index is 12.0. The molecule has 2 amide bonds. The number of hydrogen-bond acceptors (Lipinski definition) is 4. The van der Waals surface area contributed by atoms with Crippen LogP contribution in [-0.2, 0) is 9.59 Å². The van der Waals surface area contributed by atoms with Crippen LogP contribution in [0.1, 0.15) is 26.2 Å². The van der Waals surface area contributed by atoms with Crippen molar-refractivity contribution in [2.75, 3.05) is 31.1 Å². The third kappa shape index (κ3) is 4.06. The van der Waals surface area contributed by atoms with Gasteiger partial charge in [0.1, 0.15) is 5.75 Å². The van der Waals surface area contributed by atoms with E-state index in [1.54, 1.807) is 17.0 Å². The number of carbonyl (C=O) groups excluding carboxylic acids is 2. The summed E-state index contributed by atoms with van der Waals surface area (Å²) in [5.74, 6) is 1.14. The number of piperidine rings is 1. The van der Waals surface area contributed by atoms with E-state index in [0.29, 0.717) is 18.1 Å². The van der Waals surface area contributed by atoms with E-state index in [9.17, 15) is 9.59 Å². The lowest BCUT2D eigenvalue weighted by Crippen LogP contribution is -2.49. The summed E-state index contributed by atoms with van der Waals surface area (Å²) in [5.41, 5.74) is 0.887. The smallest absolute Gasteiger partial charge is 0.258 e. The van der Waals surface area contributed by atoms with Crippen LogP contribution in [-0.4, -0.2) is 44.1 Å². The monoisotopic (exact) mass is 331 g/mol. The van der Waals surface area contributed by atoms with Crippen molar-refractivity contribution in [1.82, 2.24) is 10.6 Å². The molecule has 2 unspecified atom stereocenters. The van der Waals surface area contributed by atoms with Crippen LogP contribution in [0.15, 0.2) is 24.3 Å². The number of amides is 2. The molecule has 2 aliphatic rings. The van der Waals surface area contributed by atoms with E-state index >= 15 is 0 Å². The van der Waals surface area contributed by atoms with E-state index in [1.807, 2.05) is 12.1 Å². The SMILES string of the molecule is CC1CNCCC1NC(=O)COc1ccc(N2CCCC2=O)cc1. The zero-order valence-corrected chi connectivity index (χ0v) is 14.1. The number of anilines is 1. The van der Waals surface area contributed by atoms with Gasteiger partial charge in [-0.15, -0.1) is 0 Å². The van der Waals surface area contributed by atoms with E-state index in [4.69, 9.17) is 4.74 Å². The maximum Gasteiger partial charge on any atom is 0.258 e. The highest BCUT2D eigenvalue weighted by molar-refractivity contribution is 5.95. The second kappa shape index (κ2) is 7.66. The van der Waals surface area contributed by atoms with Crippen LogP contribution in [0.5, 0.6) is 5.75 Å². The Morgan fingerprint density at radius 2 is 2.17 bits per heavy atom. The second-order valence-electron chi connectivity index (χ2n) is 6.58. The van der Waals surface area contributed by atoms with Crippen molar-refractivity contribution in [3.63, 3.8) is 0 Å². The summed E-state index contributed by atoms with van der Waals surface area (Å²) in [6.45, 7) is 4.79. The fraction of sp³-hybridized carbons (Fsp3) is 0.556. The molecule has 2 N–H and O–H groups in total. The van der Waals surface area contributed by atoms with Gasteiger partial charge in [-0.05, 0) is 56.1 Å². The Balaban J connectivity index is 1.47. The summed E-state index contributed by atoms with van der Waals surface area (Å²) < 4.78 is 5.56. The zero-order chi connectivity index (χ0) is 16.9. The second-order valence-corrected chi connectivity index (χ2v) is 6.58. The maximum atomic E-state index is 12.0. The van der Waals surface area contributed by atoms with Gasteiger partial charge in [-0.25, -0.2) is 0 Å². The molecule has 2 atom stereocenters. The molecule has 2 heterocycles. The fourth-order valence-electron chi connectivity index (χ4n) is 3.27. The van der Waals surface area contributed by atoms with Gasteiger partial charge >= 0.3 is 0 Å². The van der Waals surface area contributed by atoms with Crippen LogP contribution in [0, 0.1) is 5.92 Å². The first-order chi connectivity index (χ1) is 11.6. The van der Waals surface area contributed by atoms with Crippen LogP contribution in [0.4, 0.5) is 5.69 Å². The van der Waals surface area contributed by atoms with Gasteiger partial charge in [0.05, 0.1) is 0 Å². The molecule has 2 saturated heterocycles. The minimum absolute atomic E-state index is 0.0125. The van der Waals surface area contributed by atoms with Gasteiger partial charge in [-0.1, -0.05) is 6.92 Å². The molecule has 0 bridgehead atoms. The van der Waals surface area contributed by atoms with Crippen LogP contribution in [0.2, 0.25) is 0 Å². The van der Waals surface area contributed by atoms with Gasteiger partial charge in [0, 0.05) is 24.7 Å². The lowest BCUT2D eigenvalue weighted by Gasteiger charge is -2.30. The molecule has 24 heavy (non-hydrogen) atoms. The molecule has 0 aromatic heterocycles. The molecule has 2 fully saturated rings. The number of nitrogens with one attached hydrogen (secondary N) is 2. The number of benzene rings is 1. The van der Waals surface area contributed by atoms with E-state index in [2.05, 4.69) is 17.6 Å². The molecule has 130 valence electrons. The molecule has 0 spiro atoms. The van der Waals surface area contributed by atoms with Gasteiger partial charge in [0.2, 0.25) is 5.91 Å². The molecule has 1 aromatic carbocycles. The summed E-state index contributed by atoms with van der Waals surface area (Å²) in [4.78, 5) is 25.6. The lowest BCUT2D eigenvalue weighted by molar-refractivity contribution is -0.124. The van der Waals surface area contributed by atoms with Crippen molar-refractivity contribution in [3.05, 3.63) is 24.3 Å². The molecule has 2 aliphatic heterocycles. The quantitative estimate of drug-likeness (QED) is 0.853. The van der Waals surface area contributed by atoms with Gasteiger partial charge in [0.15, 0.2) is 6.61 Å². The zero-order valence-electron chi connectivity index (χ0n) is 14.1. The third-order valence-electron chi connectivity index (χ3n) is 4.72. The summed E-state index contributed by atoms with van der Waals surface area (Å²) in [6.07, 6.45) is 2.48. The standard InChI is InChI=1S/C18H25N3O3/c1-13-11-19-9-8-16(13)20-17(22)12-24-15-6-4-14(5-7-15)21-10-2-3-18(21)23/h4-7,13,16,19H,2-3,8-12H2,1H3,(H,20,22). The van der Waals surface area contributed by atoms with E-state index < -0.39 is 0 Å². The van der Waals surface area contributed by atoms with Gasteiger partial charge in [-0.3, -0.25) is 9.59 Å². The minimum atomic E-state index is -0.0902. The third-order valence-corrected chi connectivity index (χ3v) is 4.72. The van der Waals surface area contributed by atoms with E-state index in [1.165, 1.54) is 0 Å². The van der Waals surface area contributed by atoms with Gasteiger partial charge in [0.25, 0.3) is 5.91 Å². The Hall–Kier alpha value is -2.08. The van der Waals surface area contributed by atoms with Crippen molar-refractivity contribution in [1.29, 1.82) is 0 Å². The largest absolute Gasteiger partial charge is 0.484 e. The Bertz CT molecular complexity index is 588. The van der Waals surface area contributed by atoms with Crippen LogP contribution in [0.3, 0.4) is 0 Å². The highest BCUT2D eigenvalue weighted by Crippen LogP contribution is 2.23. The van der Waals surface area contributed by atoms with Crippen molar-refractivity contribution in [2.24, 2.45) is 5.92 Å². The first-order valence-electron chi connectivity index (χ1n) is 8.67. The van der Waals surface area contributed by atoms with Crippen LogP contribution < -0.4 is 20.3 Å². The molecule has 6 nitrogen and oxygen atoms in total. The summed E-state index contributed by atoms with van der Waals surface area (Å²) in [5, 5.41) is 6.36. The average Bonchev–Trinajstić information content (AvgIpc) is 3.02. The average molecular weight is 331 g/mol. The first-order valence-corrected chi connectivity index (χ1v) is 8.67. The van der Waals surface area contributed by atoms with Crippen LogP contribution in [0.25, 0.3) is 0 Å². The molecule has 0 aliphatic carbocycles. The highest BCUT2D eigenvalue weighted by Gasteiger charge is 2.23. The summed E-state index contributed by atoms with van der Waals surface area (Å²) in [7, 11) is 0. The number of carbonyl (C=O) groups is 2.